The summed E-state index contributed by atoms with van der Waals surface area (Å²) in [4.78, 5) is 31.9. The van der Waals surface area contributed by atoms with Crippen molar-refractivity contribution in [3.63, 3.8) is 0 Å². The number of rotatable bonds is 5. The van der Waals surface area contributed by atoms with Gasteiger partial charge in [-0.25, -0.2) is 4.98 Å². The molecule has 1 unspecified atom stereocenters. The fourth-order valence-corrected chi connectivity index (χ4v) is 6.25. The number of amides is 2. The van der Waals surface area contributed by atoms with E-state index in [1.54, 1.807) is 0 Å². The first kappa shape index (κ1) is 21.3. The van der Waals surface area contributed by atoms with Crippen molar-refractivity contribution in [1.29, 1.82) is 0 Å². The summed E-state index contributed by atoms with van der Waals surface area (Å²) in [6, 6.07) is 6.16. The van der Waals surface area contributed by atoms with Gasteiger partial charge in [0.05, 0.1) is 17.8 Å². The minimum Gasteiger partial charge on any atom is -0.342 e. The van der Waals surface area contributed by atoms with Crippen molar-refractivity contribution < 1.29 is 9.59 Å². The predicted molar refractivity (Wildman–Crippen MR) is 131 cm³/mol. The first-order valence-corrected chi connectivity index (χ1v) is 12.5. The minimum absolute atomic E-state index is 0.0839. The van der Waals surface area contributed by atoms with Gasteiger partial charge in [-0.3, -0.25) is 14.3 Å². The molecule has 1 aliphatic carbocycles. The predicted octanol–water partition coefficient (Wildman–Crippen LogP) is 4.58. The van der Waals surface area contributed by atoms with Gasteiger partial charge in [0, 0.05) is 42.7 Å². The van der Waals surface area contributed by atoms with Crippen LogP contribution in [0.2, 0.25) is 0 Å². The van der Waals surface area contributed by atoms with Gasteiger partial charge in [0.2, 0.25) is 5.91 Å². The SMILES string of the molecule is CC[C@H]1CCC1(C)C(=O)N1CCC(n2cc(Cc3cnc4c5c(cccc35)C(=O)N4)cn2)CC1. The standard InChI is InChI=1S/C27H31N5O2/c1-3-19-7-10-27(19,2)26(34)31-11-8-20(9-12-31)32-16-17(14-29-32)13-18-15-28-24-23-21(18)5-4-6-22(23)25(33)30-24/h4-6,14-16,19-20H,3,7-13H2,1-2H3,(H,28,30,33)/t19-,27?/m0/s1. The molecule has 2 aromatic heterocycles. The van der Waals surface area contributed by atoms with E-state index in [9.17, 15) is 9.59 Å². The van der Waals surface area contributed by atoms with Crippen LogP contribution in [0.3, 0.4) is 0 Å². The Labute approximate surface area is 199 Å². The number of hydrogen-bond donors (Lipinski definition) is 1. The Morgan fingerprint density at radius 1 is 1.21 bits per heavy atom. The van der Waals surface area contributed by atoms with E-state index in [4.69, 9.17) is 0 Å². The zero-order valence-corrected chi connectivity index (χ0v) is 19.9. The van der Waals surface area contributed by atoms with Crippen LogP contribution in [0.1, 0.15) is 73.5 Å². The number of aromatic nitrogens is 3. The summed E-state index contributed by atoms with van der Waals surface area (Å²) in [5.41, 5.74) is 2.77. The van der Waals surface area contributed by atoms with Gasteiger partial charge in [0.25, 0.3) is 5.91 Å². The van der Waals surface area contributed by atoms with E-state index in [0.717, 1.165) is 67.1 Å². The Morgan fingerprint density at radius 3 is 2.76 bits per heavy atom. The highest BCUT2D eigenvalue weighted by atomic mass is 16.2. The molecule has 176 valence electrons. The molecule has 3 aromatic rings. The smallest absolute Gasteiger partial charge is 0.257 e. The molecule has 3 aliphatic rings. The molecule has 34 heavy (non-hydrogen) atoms. The van der Waals surface area contributed by atoms with E-state index in [1.807, 2.05) is 24.5 Å². The monoisotopic (exact) mass is 457 g/mol. The zero-order chi connectivity index (χ0) is 23.4. The molecule has 1 aromatic carbocycles. The first-order chi connectivity index (χ1) is 16.5. The lowest BCUT2D eigenvalue weighted by molar-refractivity contribution is -0.153. The number of hydrogen-bond acceptors (Lipinski definition) is 4. The topological polar surface area (TPSA) is 80.1 Å². The van der Waals surface area contributed by atoms with Gasteiger partial charge in [0.15, 0.2) is 0 Å². The lowest BCUT2D eigenvalue weighted by Gasteiger charge is -2.49. The summed E-state index contributed by atoms with van der Waals surface area (Å²) in [6.45, 7) is 5.99. The van der Waals surface area contributed by atoms with Crippen molar-refractivity contribution in [2.45, 2.75) is 58.4 Å². The lowest BCUT2D eigenvalue weighted by Crippen LogP contribution is -2.53. The molecule has 6 rings (SSSR count). The molecular weight excluding hydrogens is 426 g/mol. The number of likely N-dealkylation sites (tertiary alicyclic amines) is 1. The van der Waals surface area contributed by atoms with Gasteiger partial charge >= 0.3 is 0 Å². The summed E-state index contributed by atoms with van der Waals surface area (Å²) < 4.78 is 2.08. The quantitative estimate of drug-likeness (QED) is 0.608. The molecular formula is C27H31N5O2. The van der Waals surface area contributed by atoms with Gasteiger partial charge in [-0.15, -0.1) is 0 Å². The van der Waals surface area contributed by atoms with Gasteiger partial charge < -0.3 is 10.2 Å². The summed E-state index contributed by atoms with van der Waals surface area (Å²) in [5.74, 6) is 1.47. The number of piperidine rings is 1. The Kier molecular flexibility index (Phi) is 4.97. The third kappa shape index (κ3) is 3.24. The van der Waals surface area contributed by atoms with Crippen molar-refractivity contribution in [3.8, 4) is 0 Å². The third-order valence-electron chi connectivity index (χ3n) is 8.54. The molecule has 0 bridgehead atoms. The van der Waals surface area contributed by atoms with Crippen molar-refractivity contribution in [3.05, 3.63) is 53.5 Å². The molecule has 1 saturated carbocycles. The van der Waals surface area contributed by atoms with E-state index in [0.29, 0.717) is 29.2 Å². The Hall–Kier alpha value is -3.22. The fourth-order valence-electron chi connectivity index (χ4n) is 6.25. The van der Waals surface area contributed by atoms with E-state index in [-0.39, 0.29) is 11.3 Å². The largest absolute Gasteiger partial charge is 0.342 e. The van der Waals surface area contributed by atoms with Crippen LogP contribution in [-0.4, -0.2) is 44.6 Å². The number of anilines is 1. The molecule has 7 nitrogen and oxygen atoms in total. The lowest BCUT2D eigenvalue weighted by atomic mass is 9.59. The van der Waals surface area contributed by atoms with Crippen LogP contribution in [0, 0.1) is 11.3 Å². The molecule has 1 N–H and O–H groups in total. The number of pyridine rings is 1. The van der Waals surface area contributed by atoms with Gasteiger partial charge in [-0.1, -0.05) is 32.4 Å². The molecule has 2 atom stereocenters. The van der Waals surface area contributed by atoms with Crippen LogP contribution in [0.4, 0.5) is 5.82 Å². The Morgan fingerprint density at radius 2 is 2.03 bits per heavy atom. The van der Waals surface area contributed by atoms with Gasteiger partial charge in [-0.2, -0.15) is 5.10 Å². The van der Waals surface area contributed by atoms with E-state index < -0.39 is 0 Å². The molecule has 2 aliphatic heterocycles. The zero-order valence-electron chi connectivity index (χ0n) is 19.9. The van der Waals surface area contributed by atoms with Crippen LogP contribution >= 0.6 is 0 Å². The minimum atomic E-state index is -0.145. The molecule has 7 heteroatoms. The first-order valence-electron chi connectivity index (χ1n) is 12.5. The number of carbonyl (C=O) groups excluding carboxylic acids is 2. The summed E-state index contributed by atoms with van der Waals surface area (Å²) in [7, 11) is 0. The number of benzene rings is 1. The van der Waals surface area contributed by atoms with E-state index >= 15 is 0 Å². The third-order valence-corrected chi connectivity index (χ3v) is 8.54. The van der Waals surface area contributed by atoms with Crippen LogP contribution in [0.5, 0.6) is 0 Å². The number of carbonyl (C=O) groups is 2. The van der Waals surface area contributed by atoms with Crippen LogP contribution in [0.25, 0.3) is 10.8 Å². The molecule has 1 saturated heterocycles. The second-order valence-electron chi connectivity index (χ2n) is 10.4. The maximum atomic E-state index is 13.2. The highest BCUT2D eigenvalue weighted by molar-refractivity contribution is 6.23. The number of nitrogens with zero attached hydrogens (tertiary/aromatic N) is 4. The van der Waals surface area contributed by atoms with Crippen LogP contribution < -0.4 is 5.32 Å². The number of nitrogens with one attached hydrogen (secondary N) is 1. The maximum absolute atomic E-state index is 13.2. The normalized spacial score (nSPS) is 24.4. The molecule has 4 heterocycles. The van der Waals surface area contributed by atoms with Gasteiger partial charge in [-0.05, 0) is 54.2 Å². The molecule has 2 amide bonds. The maximum Gasteiger partial charge on any atom is 0.257 e. The van der Waals surface area contributed by atoms with E-state index in [1.165, 1.54) is 6.42 Å². The summed E-state index contributed by atoms with van der Waals surface area (Å²) >= 11 is 0. The van der Waals surface area contributed by atoms with Gasteiger partial charge in [0.1, 0.15) is 5.82 Å². The molecule has 0 spiro atoms. The van der Waals surface area contributed by atoms with Crippen molar-refractivity contribution in [1.82, 2.24) is 19.7 Å². The van der Waals surface area contributed by atoms with E-state index in [2.05, 4.69) is 51.1 Å². The highest BCUT2D eigenvalue weighted by Crippen LogP contribution is 2.49. The van der Waals surface area contributed by atoms with Crippen molar-refractivity contribution in [2.75, 3.05) is 18.4 Å². The highest BCUT2D eigenvalue weighted by Gasteiger charge is 2.49. The second kappa shape index (κ2) is 7.93. The average molecular weight is 458 g/mol. The summed E-state index contributed by atoms with van der Waals surface area (Å²) in [5, 5.41) is 9.50. The van der Waals surface area contributed by atoms with Crippen molar-refractivity contribution >= 4 is 28.4 Å². The molecule has 2 fully saturated rings. The Bertz CT molecular complexity index is 1290. The van der Waals surface area contributed by atoms with Crippen LogP contribution in [-0.2, 0) is 11.2 Å². The average Bonchev–Trinajstić information content (AvgIpc) is 3.45. The summed E-state index contributed by atoms with van der Waals surface area (Å²) in [6.07, 6.45) is 11.8. The van der Waals surface area contributed by atoms with Crippen LogP contribution in [0.15, 0.2) is 36.8 Å². The fraction of sp³-hybridized carbons (Fsp3) is 0.481. The second-order valence-corrected chi connectivity index (χ2v) is 10.4. The Balaban J connectivity index is 1.14. The molecule has 0 radical (unpaired) electrons. The van der Waals surface area contributed by atoms with Crippen molar-refractivity contribution in [2.24, 2.45) is 11.3 Å².